The topological polar surface area (TPSA) is 156 Å². The summed E-state index contributed by atoms with van der Waals surface area (Å²) in [6.07, 6.45) is 0. The number of rotatable bonds is 3. The van der Waals surface area contributed by atoms with Crippen molar-refractivity contribution in [1.29, 1.82) is 0 Å². The van der Waals surface area contributed by atoms with Crippen molar-refractivity contribution in [3.63, 3.8) is 0 Å². The fraction of sp³-hybridized carbons (Fsp3) is 0.667. The molecule has 0 bridgehead atoms. The molecule has 0 amide bonds. The van der Waals surface area contributed by atoms with Gasteiger partial charge < -0.3 is 25.7 Å². The van der Waals surface area contributed by atoms with E-state index in [1.165, 1.54) is 0 Å². The molecule has 0 fully saturated rings. The van der Waals surface area contributed by atoms with Crippen LogP contribution in [0.4, 0.5) is 0 Å². The summed E-state index contributed by atoms with van der Waals surface area (Å²) in [5, 5.41) is 9.80. The number of aliphatic carboxylic acids is 1. The fourth-order valence-corrected chi connectivity index (χ4v) is 0.943. The van der Waals surface area contributed by atoms with Crippen LogP contribution in [0.25, 0.3) is 0 Å². The van der Waals surface area contributed by atoms with Crippen molar-refractivity contribution in [2.45, 2.75) is 6.04 Å². The molecule has 0 heterocycles. The van der Waals surface area contributed by atoms with Crippen molar-refractivity contribution in [2.75, 3.05) is 5.75 Å². The van der Waals surface area contributed by atoms with Gasteiger partial charge in [0.05, 0.1) is 5.75 Å². The second-order valence-electron chi connectivity index (χ2n) is 1.74. The van der Waals surface area contributed by atoms with Gasteiger partial charge in [0, 0.05) is 0 Å². The number of carboxylic acids is 1. The Labute approximate surface area is 91.3 Å². The first-order chi connectivity index (χ1) is 4.33. The molecular formula is C3H8NNaO6S. The molecule has 1 atom stereocenters. The summed E-state index contributed by atoms with van der Waals surface area (Å²) in [4.78, 5) is 9.80. The molecule has 68 valence electrons. The van der Waals surface area contributed by atoms with Crippen molar-refractivity contribution in [1.82, 2.24) is 0 Å². The summed E-state index contributed by atoms with van der Waals surface area (Å²) in [5.74, 6) is -2.66. The Kier molecular flexibility index (Phi) is 10.3. The SMILES string of the molecule is O.[NH3+][C@@H](CS(=O)(=O)[O-])C(=O)[O-].[Na+]. The predicted octanol–water partition coefficient (Wildman–Crippen LogP) is -7.93. The van der Waals surface area contributed by atoms with E-state index in [1.54, 1.807) is 0 Å². The van der Waals surface area contributed by atoms with E-state index in [-0.39, 0.29) is 35.0 Å². The van der Waals surface area contributed by atoms with Crippen molar-refractivity contribution in [3.05, 3.63) is 0 Å². The Morgan fingerprint density at radius 2 is 1.83 bits per heavy atom. The van der Waals surface area contributed by atoms with Crippen LogP contribution in [-0.4, -0.2) is 36.2 Å². The molecule has 0 aromatic heterocycles. The maximum absolute atomic E-state index is 9.86. The van der Waals surface area contributed by atoms with E-state index in [2.05, 4.69) is 5.73 Å². The average molecular weight is 209 g/mol. The monoisotopic (exact) mass is 209 g/mol. The van der Waals surface area contributed by atoms with Gasteiger partial charge in [0.15, 0.2) is 0 Å². The zero-order chi connectivity index (χ0) is 8.36. The van der Waals surface area contributed by atoms with Crippen LogP contribution in [0, 0.1) is 0 Å². The largest absolute Gasteiger partial charge is 1.00 e. The van der Waals surface area contributed by atoms with Crippen LogP contribution >= 0.6 is 0 Å². The van der Waals surface area contributed by atoms with Crippen molar-refractivity contribution >= 4 is 16.1 Å². The molecule has 0 saturated heterocycles. The van der Waals surface area contributed by atoms with Gasteiger partial charge in [-0.05, 0) is 0 Å². The minimum atomic E-state index is -4.50. The summed E-state index contributed by atoms with van der Waals surface area (Å²) in [5.41, 5.74) is 2.88. The van der Waals surface area contributed by atoms with Gasteiger partial charge in [-0.25, -0.2) is 8.42 Å². The van der Waals surface area contributed by atoms with Gasteiger partial charge in [0.25, 0.3) is 0 Å². The molecule has 0 unspecified atom stereocenters. The Morgan fingerprint density at radius 1 is 1.50 bits per heavy atom. The van der Waals surface area contributed by atoms with E-state index in [0.717, 1.165) is 0 Å². The Bertz CT molecular complexity index is 225. The van der Waals surface area contributed by atoms with Crippen LogP contribution in [0.1, 0.15) is 0 Å². The molecule has 0 rings (SSSR count). The maximum atomic E-state index is 9.86. The van der Waals surface area contributed by atoms with E-state index in [1.807, 2.05) is 0 Å². The summed E-state index contributed by atoms with van der Waals surface area (Å²) < 4.78 is 29.6. The summed E-state index contributed by atoms with van der Waals surface area (Å²) >= 11 is 0. The number of hydrogen-bond donors (Lipinski definition) is 1. The van der Waals surface area contributed by atoms with Gasteiger partial charge in [-0.1, -0.05) is 0 Å². The standard InChI is InChI=1S/C3H7NO5S.Na.H2O/c4-2(3(5)6)1-10(7,8)9;;/h2H,1,4H2,(H,5,6)(H,7,8,9);;1H2/q;+1;/p-1/t2-;;/m0../s1. The molecule has 0 aliphatic carbocycles. The Balaban J connectivity index is -0.000000405. The van der Waals surface area contributed by atoms with Gasteiger partial charge in [-0.15, -0.1) is 0 Å². The molecule has 0 radical (unpaired) electrons. The molecule has 0 aliphatic rings. The quantitative estimate of drug-likeness (QED) is 0.360. The van der Waals surface area contributed by atoms with Gasteiger partial charge in [-0.2, -0.15) is 0 Å². The second kappa shape index (κ2) is 6.78. The Morgan fingerprint density at radius 3 is 1.92 bits per heavy atom. The average Bonchev–Trinajstić information content (AvgIpc) is 1.60. The summed E-state index contributed by atoms with van der Waals surface area (Å²) in [7, 11) is -4.50. The summed E-state index contributed by atoms with van der Waals surface area (Å²) in [6.45, 7) is 0. The molecular weight excluding hydrogens is 201 g/mol. The second-order valence-corrected chi connectivity index (χ2v) is 3.19. The molecule has 9 heteroatoms. The van der Waals surface area contributed by atoms with Crippen molar-refractivity contribution < 1.29 is 63.6 Å². The molecule has 0 aromatic rings. The molecule has 7 nitrogen and oxygen atoms in total. The van der Waals surface area contributed by atoms with Crippen LogP contribution < -0.4 is 40.4 Å². The molecule has 12 heavy (non-hydrogen) atoms. The van der Waals surface area contributed by atoms with Gasteiger partial charge in [0.2, 0.25) is 0 Å². The fourth-order valence-electron chi connectivity index (χ4n) is 0.314. The predicted molar refractivity (Wildman–Crippen MR) is 29.9 cm³/mol. The molecule has 5 N–H and O–H groups in total. The van der Waals surface area contributed by atoms with Crippen LogP contribution in [0.3, 0.4) is 0 Å². The van der Waals surface area contributed by atoms with E-state index < -0.39 is 27.9 Å². The molecule has 0 saturated carbocycles. The minimum Gasteiger partial charge on any atom is -0.748 e. The molecule has 0 aliphatic heterocycles. The van der Waals surface area contributed by atoms with E-state index in [0.29, 0.717) is 0 Å². The van der Waals surface area contributed by atoms with Gasteiger partial charge in [-0.3, -0.25) is 0 Å². The summed E-state index contributed by atoms with van der Waals surface area (Å²) in [6, 6.07) is -1.48. The third-order valence-corrected chi connectivity index (χ3v) is 1.55. The van der Waals surface area contributed by atoms with Crippen molar-refractivity contribution in [2.24, 2.45) is 0 Å². The molecule has 0 aromatic carbocycles. The number of carbonyl (C=O) groups is 1. The van der Waals surface area contributed by atoms with Gasteiger partial charge in [0.1, 0.15) is 22.1 Å². The van der Waals surface area contributed by atoms with E-state index >= 15 is 0 Å². The van der Waals surface area contributed by atoms with Crippen molar-refractivity contribution in [3.8, 4) is 0 Å². The van der Waals surface area contributed by atoms with Gasteiger partial charge >= 0.3 is 29.6 Å². The van der Waals surface area contributed by atoms with Crippen LogP contribution in [0.5, 0.6) is 0 Å². The number of hydrogen-bond acceptors (Lipinski definition) is 5. The molecule has 0 spiro atoms. The third-order valence-electron chi connectivity index (χ3n) is 0.739. The van der Waals surface area contributed by atoms with E-state index in [4.69, 9.17) is 0 Å². The van der Waals surface area contributed by atoms with E-state index in [9.17, 15) is 22.9 Å². The zero-order valence-electron chi connectivity index (χ0n) is 6.44. The normalized spacial score (nSPS) is 12.2. The van der Waals surface area contributed by atoms with Crippen LogP contribution in [-0.2, 0) is 14.9 Å². The third kappa shape index (κ3) is 10.3. The Hall–Kier alpha value is 0.300. The number of carboxylic acid groups (broad SMARTS) is 1. The zero-order valence-corrected chi connectivity index (χ0v) is 9.26. The number of quaternary nitrogens is 1. The van der Waals surface area contributed by atoms with Crippen LogP contribution in [0.2, 0.25) is 0 Å². The first-order valence-corrected chi connectivity index (χ1v) is 3.88. The first kappa shape index (κ1) is 18.2. The first-order valence-electron chi connectivity index (χ1n) is 2.30. The maximum Gasteiger partial charge on any atom is 1.00 e. The number of carbonyl (C=O) groups excluding carboxylic acids is 1. The smallest absolute Gasteiger partial charge is 0.748 e. The van der Waals surface area contributed by atoms with Crippen LogP contribution in [0.15, 0.2) is 0 Å². The minimum absolute atomic E-state index is 0.